The molecule has 0 aromatic rings. The van der Waals surface area contributed by atoms with Gasteiger partial charge in [0, 0.05) is 32.2 Å². The van der Waals surface area contributed by atoms with Crippen molar-refractivity contribution in [2.24, 2.45) is 0 Å². The molecule has 14 heteroatoms. The molecule has 0 aromatic heterocycles. The lowest BCUT2D eigenvalue weighted by molar-refractivity contribution is -0.143. The number of rotatable bonds is 37. The Hall–Kier alpha value is -2.81. The number of nitrogens with one attached hydrogen (secondary N) is 2. The zero-order valence-electron chi connectivity index (χ0n) is 28.9. The van der Waals surface area contributed by atoms with E-state index < -0.39 is 29.9 Å². The minimum absolute atomic E-state index is 0.0469. The first kappa shape index (κ1) is 45.2. The van der Waals surface area contributed by atoms with Gasteiger partial charge in [-0.2, -0.15) is 0 Å². The van der Waals surface area contributed by atoms with Crippen LogP contribution in [0.5, 0.6) is 0 Å². The molecule has 0 unspecified atom stereocenters. The molecule has 280 valence electrons. The zero-order valence-corrected chi connectivity index (χ0v) is 28.9. The fraction of sp³-hybridized carbons (Fsp3) is 0.853. The molecule has 14 nitrogen and oxygen atoms in total. The molecular formula is C34H62N2O12. The topological polar surface area (TPSA) is 207 Å². The van der Waals surface area contributed by atoms with Crippen LogP contribution in [-0.2, 0) is 42.9 Å². The van der Waals surface area contributed by atoms with Crippen molar-refractivity contribution in [3.8, 4) is 0 Å². The number of carboxylic acids is 3. The summed E-state index contributed by atoms with van der Waals surface area (Å²) in [5.74, 6) is -3.58. The third-order valence-corrected chi connectivity index (χ3v) is 7.48. The second kappa shape index (κ2) is 34.1. The van der Waals surface area contributed by atoms with Gasteiger partial charge in [-0.1, -0.05) is 77.0 Å². The highest BCUT2D eigenvalue weighted by Crippen LogP contribution is 2.13. The fourth-order valence-corrected chi connectivity index (χ4v) is 4.75. The molecule has 0 saturated heterocycles. The van der Waals surface area contributed by atoms with Gasteiger partial charge in [-0.05, 0) is 19.3 Å². The Bertz CT molecular complexity index is 843. The van der Waals surface area contributed by atoms with Crippen molar-refractivity contribution in [3.63, 3.8) is 0 Å². The van der Waals surface area contributed by atoms with Crippen LogP contribution in [0.4, 0.5) is 0 Å². The number of amides is 2. The first-order valence-corrected chi connectivity index (χ1v) is 17.8. The van der Waals surface area contributed by atoms with Crippen molar-refractivity contribution in [2.75, 3.05) is 59.4 Å². The molecule has 2 amide bonds. The number of aliphatic carboxylic acids is 3. The molecule has 0 heterocycles. The Morgan fingerprint density at radius 1 is 0.438 bits per heavy atom. The largest absolute Gasteiger partial charge is 0.481 e. The van der Waals surface area contributed by atoms with E-state index in [1.807, 2.05) is 0 Å². The first-order valence-electron chi connectivity index (χ1n) is 17.8. The van der Waals surface area contributed by atoms with Gasteiger partial charge in [-0.25, -0.2) is 4.79 Å². The maximum atomic E-state index is 12.0. The van der Waals surface area contributed by atoms with E-state index in [4.69, 9.17) is 34.3 Å². The molecule has 0 fully saturated rings. The second-order valence-corrected chi connectivity index (χ2v) is 11.8. The molecule has 0 bridgehead atoms. The van der Waals surface area contributed by atoms with Crippen molar-refractivity contribution < 1.29 is 58.2 Å². The molecule has 0 rings (SSSR count). The van der Waals surface area contributed by atoms with Gasteiger partial charge in [0.2, 0.25) is 11.8 Å². The molecule has 0 saturated carbocycles. The highest BCUT2D eigenvalue weighted by molar-refractivity contribution is 5.84. The van der Waals surface area contributed by atoms with Gasteiger partial charge in [-0.3, -0.25) is 19.2 Å². The molecule has 0 aliphatic rings. The van der Waals surface area contributed by atoms with E-state index >= 15 is 0 Å². The predicted molar refractivity (Wildman–Crippen MR) is 179 cm³/mol. The summed E-state index contributed by atoms with van der Waals surface area (Å²) in [6.45, 7) is 3.11. The number of ether oxygens (including phenoxy) is 4. The van der Waals surface area contributed by atoms with E-state index in [1.54, 1.807) is 0 Å². The molecular weight excluding hydrogens is 628 g/mol. The normalized spacial score (nSPS) is 11.7. The summed E-state index contributed by atoms with van der Waals surface area (Å²) in [5, 5.41) is 31.5. The van der Waals surface area contributed by atoms with E-state index in [1.165, 1.54) is 57.8 Å². The molecule has 1 atom stereocenters. The number of hydrogen-bond donors (Lipinski definition) is 5. The molecule has 0 aliphatic carbocycles. The average Bonchev–Trinajstić information content (AvgIpc) is 3.04. The average molecular weight is 691 g/mol. The van der Waals surface area contributed by atoms with Crippen LogP contribution < -0.4 is 10.6 Å². The molecule has 0 spiro atoms. The van der Waals surface area contributed by atoms with Gasteiger partial charge in [0.1, 0.15) is 6.04 Å². The van der Waals surface area contributed by atoms with Crippen molar-refractivity contribution in [1.82, 2.24) is 10.6 Å². The van der Waals surface area contributed by atoms with Crippen molar-refractivity contribution in [2.45, 2.75) is 128 Å². The van der Waals surface area contributed by atoms with Crippen molar-refractivity contribution in [1.29, 1.82) is 0 Å². The minimum Gasteiger partial charge on any atom is -0.481 e. The number of carboxylic acid groups (broad SMARTS) is 3. The lowest BCUT2D eigenvalue weighted by Crippen LogP contribution is -2.41. The highest BCUT2D eigenvalue weighted by atomic mass is 16.6. The maximum Gasteiger partial charge on any atom is 0.326 e. The SMILES string of the molecule is O=C(O)CCCCCCCCCCCCCCCCC(=O)NCCOCCOCCOCCOCCC(=O)N[C@@H](CCC(=O)O)C(=O)O. The summed E-state index contributed by atoms with van der Waals surface area (Å²) in [6, 6.07) is -1.25. The minimum atomic E-state index is -1.28. The Morgan fingerprint density at radius 3 is 1.27 bits per heavy atom. The summed E-state index contributed by atoms with van der Waals surface area (Å²) >= 11 is 0. The van der Waals surface area contributed by atoms with Crippen molar-refractivity contribution >= 4 is 29.7 Å². The van der Waals surface area contributed by atoms with Crippen LogP contribution in [0.25, 0.3) is 0 Å². The van der Waals surface area contributed by atoms with Crippen LogP contribution >= 0.6 is 0 Å². The number of carbonyl (C=O) groups is 5. The van der Waals surface area contributed by atoms with Crippen LogP contribution in [0.2, 0.25) is 0 Å². The molecule has 0 radical (unpaired) electrons. The number of hydrogen-bond acceptors (Lipinski definition) is 9. The van der Waals surface area contributed by atoms with Crippen molar-refractivity contribution in [3.05, 3.63) is 0 Å². The van der Waals surface area contributed by atoms with Crippen LogP contribution in [-0.4, -0.2) is 110 Å². The Balaban J connectivity index is 3.33. The summed E-state index contributed by atoms with van der Waals surface area (Å²) < 4.78 is 21.6. The highest BCUT2D eigenvalue weighted by Gasteiger charge is 2.20. The van der Waals surface area contributed by atoms with Gasteiger partial charge < -0.3 is 44.9 Å². The molecule has 0 aromatic carbocycles. The third-order valence-electron chi connectivity index (χ3n) is 7.48. The third kappa shape index (κ3) is 34.5. The second-order valence-electron chi connectivity index (χ2n) is 11.8. The fourth-order valence-electron chi connectivity index (χ4n) is 4.75. The van der Waals surface area contributed by atoms with Gasteiger partial charge in [-0.15, -0.1) is 0 Å². The van der Waals surface area contributed by atoms with E-state index in [-0.39, 0.29) is 38.4 Å². The molecule has 0 aliphatic heterocycles. The monoisotopic (exact) mass is 690 g/mol. The van der Waals surface area contributed by atoms with E-state index in [0.29, 0.717) is 59.0 Å². The standard InChI is InChI=1S/C34H62N2O12/c37-30(15-13-11-9-7-5-3-1-2-4-6-8-10-12-14-16-32(39)40)35-20-22-46-24-26-48-28-27-47-25-23-45-21-19-31(38)36-29(34(43)44)17-18-33(41)42/h29H,1-28H2,(H,35,37)(H,36,38)(H,39,40)(H,41,42)(H,43,44)/t29-/m0/s1. The van der Waals surface area contributed by atoms with Crippen LogP contribution in [0.1, 0.15) is 122 Å². The van der Waals surface area contributed by atoms with Crippen LogP contribution in [0.3, 0.4) is 0 Å². The quantitative estimate of drug-likeness (QED) is 0.0578. The summed E-state index contributed by atoms with van der Waals surface area (Å²) in [5.41, 5.74) is 0. The lowest BCUT2D eigenvalue weighted by Gasteiger charge is -2.13. The van der Waals surface area contributed by atoms with E-state index in [0.717, 1.165) is 32.1 Å². The van der Waals surface area contributed by atoms with Gasteiger partial charge in [0.15, 0.2) is 0 Å². The molecule has 5 N–H and O–H groups in total. The lowest BCUT2D eigenvalue weighted by atomic mass is 10.0. The Morgan fingerprint density at radius 2 is 0.833 bits per heavy atom. The zero-order chi connectivity index (χ0) is 35.5. The van der Waals surface area contributed by atoms with Crippen LogP contribution in [0.15, 0.2) is 0 Å². The maximum absolute atomic E-state index is 12.0. The smallest absolute Gasteiger partial charge is 0.326 e. The molecule has 48 heavy (non-hydrogen) atoms. The predicted octanol–water partition coefficient (Wildman–Crippen LogP) is 4.32. The van der Waals surface area contributed by atoms with Gasteiger partial charge in [0.25, 0.3) is 0 Å². The van der Waals surface area contributed by atoms with Crippen LogP contribution in [0, 0.1) is 0 Å². The van der Waals surface area contributed by atoms with E-state index in [2.05, 4.69) is 10.6 Å². The Kier molecular flexibility index (Phi) is 32.1. The van der Waals surface area contributed by atoms with Gasteiger partial charge >= 0.3 is 17.9 Å². The Labute approximate surface area is 286 Å². The number of carbonyl (C=O) groups excluding carboxylic acids is 2. The number of unbranched alkanes of at least 4 members (excludes halogenated alkanes) is 13. The summed E-state index contributed by atoms with van der Waals surface area (Å²) in [7, 11) is 0. The van der Waals surface area contributed by atoms with Gasteiger partial charge in [0.05, 0.1) is 52.9 Å². The first-order chi connectivity index (χ1) is 23.2. The van der Waals surface area contributed by atoms with E-state index in [9.17, 15) is 24.0 Å². The summed E-state index contributed by atoms with van der Waals surface area (Å²) in [4.78, 5) is 55.9. The summed E-state index contributed by atoms with van der Waals surface area (Å²) in [6.07, 6.45) is 16.5.